The summed E-state index contributed by atoms with van der Waals surface area (Å²) in [4.78, 5) is 11.2. The predicted octanol–water partition coefficient (Wildman–Crippen LogP) is 1.80. The highest BCUT2D eigenvalue weighted by molar-refractivity contribution is 5.95. The number of ketones is 1. The molecule has 0 bridgehead atoms. The van der Waals surface area contributed by atoms with E-state index in [1.165, 1.54) is 6.92 Å². The molecule has 1 rings (SSSR count). The Labute approximate surface area is 83.2 Å². The molecule has 0 radical (unpaired) electrons. The third-order valence-corrected chi connectivity index (χ3v) is 2.05. The minimum Gasteiger partial charge on any atom is -0.323 e. The first-order chi connectivity index (χ1) is 6.66. The molecule has 1 atom stereocenters. The number of benzene rings is 1. The second-order valence-corrected chi connectivity index (χ2v) is 3.11. The average Bonchev–Trinajstić information content (AvgIpc) is 2.18. The molecule has 3 heteroatoms. The maximum Gasteiger partial charge on any atom is 0.160 e. The molecule has 2 N–H and O–H groups in total. The fraction of sp³-hybridized carbons (Fsp3) is 0.273. The molecule has 0 saturated heterocycles. The molecule has 0 aliphatic rings. The zero-order chi connectivity index (χ0) is 10.6. The van der Waals surface area contributed by atoms with Gasteiger partial charge in [-0.25, -0.2) is 0 Å². The smallest absolute Gasteiger partial charge is 0.160 e. The van der Waals surface area contributed by atoms with Gasteiger partial charge in [-0.05, 0) is 12.5 Å². The van der Waals surface area contributed by atoms with Crippen molar-refractivity contribution in [2.24, 2.45) is 5.73 Å². The summed E-state index contributed by atoms with van der Waals surface area (Å²) in [6, 6.07) is 8.75. The van der Waals surface area contributed by atoms with Gasteiger partial charge in [-0.1, -0.05) is 24.3 Å². The first-order valence-electron chi connectivity index (χ1n) is 4.39. The molecular formula is C11H12N2O. The van der Waals surface area contributed by atoms with Crippen LogP contribution < -0.4 is 5.73 Å². The summed E-state index contributed by atoms with van der Waals surface area (Å²) < 4.78 is 0. The maximum absolute atomic E-state index is 11.2. The van der Waals surface area contributed by atoms with Crippen molar-refractivity contribution in [3.05, 3.63) is 35.4 Å². The van der Waals surface area contributed by atoms with Gasteiger partial charge < -0.3 is 5.73 Å². The lowest BCUT2D eigenvalue weighted by molar-refractivity contribution is 0.101. The summed E-state index contributed by atoms with van der Waals surface area (Å²) in [6.07, 6.45) is 0.226. The van der Waals surface area contributed by atoms with Crippen molar-refractivity contribution in [1.29, 1.82) is 5.26 Å². The van der Waals surface area contributed by atoms with Crippen molar-refractivity contribution in [2.75, 3.05) is 0 Å². The van der Waals surface area contributed by atoms with Gasteiger partial charge in [0.15, 0.2) is 5.78 Å². The number of nitrogens with zero attached hydrogens (tertiary/aromatic N) is 1. The average molecular weight is 188 g/mol. The van der Waals surface area contributed by atoms with Gasteiger partial charge in [-0.15, -0.1) is 0 Å². The lowest BCUT2D eigenvalue weighted by Crippen LogP contribution is -2.13. The summed E-state index contributed by atoms with van der Waals surface area (Å²) in [5.74, 6) is -0.0195. The Bertz CT molecular complexity index is 379. The van der Waals surface area contributed by atoms with Crippen LogP contribution in [0.5, 0.6) is 0 Å². The molecule has 0 aliphatic carbocycles. The van der Waals surface area contributed by atoms with Crippen LogP contribution in [0.1, 0.15) is 35.3 Å². The molecule has 1 aromatic rings. The van der Waals surface area contributed by atoms with E-state index in [0.717, 1.165) is 5.56 Å². The number of Topliss-reactive ketones (excluding diaryl/α,β-unsaturated/α-hetero) is 1. The van der Waals surface area contributed by atoms with Crippen LogP contribution in [0.15, 0.2) is 24.3 Å². The third-order valence-electron chi connectivity index (χ3n) is 2.05. The van der Waals surface area contributed by atoms with Gasteiger partial charge >= 0.3 is 0 Å². The second-order valence-electron chi connectivity index (χ2n) is 3.11. The van der Waals surface area contributed by atoms with Gasteiger partial charge in [-0.2, -0.15) is 5.26 Å². The zero-order valence-corrected chi connectivity index (χ0v) is 8.03. The molecule has 3 nitrogen and oxygen atoms in total. The van der Waals surface area contributed by atoms with Crippen molar-refractivity contribution in [1.82, 2.24) is 0 Å². The Morgan fingerprint density at radius 1 is 1.57 bits per heavy atom. The highest BCUT2D eigenvalue weighted by Crippen LogP contribution is 2.18. The van der Waals surface area contributed by atoms with Crippen molar-refractivity contribution in [3.8, 4) is 6.07 Å². The van der Waals surface area contributed by atoms with Crippen molar-refractivity contribution in [2.45, 2.75) is 19.4 Å². The molecule has 0 aromatic heterocycles. The van der Waals surface area contributed by atoms with Crippen LogP contribution in [0.4, 0.5) is 0 Å². The monoisotopic (exact) mass is 188 g/mol. The number of nitriles is 1. The van der Waals surface area contributed by atoms with Gasteiger partial charge in [0.05, 0.1) is 12.5 Å². The van der Waals surface area contributed by atoms with Gasteiger partial charge in [-0.3, -0.25) is 4.79 Å². The Hall–Kier alpha value is -1.66. The quantitative estimate of drug-likeness (QED) is 0.735. The number of carbonyl (C=O) groups excluding carboxylic acids is 1. The molecule has 1 aromatic carbocycles. The molecule has 72 valence electrons. The van der Waals surface area contributed by atoms with E-state index < -0.39 is 0 Å². The summed E-state index contributed by atoms with van der Waals surface area (Å²) in [5.41, 5.74) is 7.13. The lowest BCUT2D eigenvalue weighted by Gasteiger charge is -2.11. The molecule has 0 aliphatic heterocycles. The summed E-state index contributed by atoms with van der Waals surface area (Å²) in [7, 11) is 0. The highest BCUT2D eigenvalue weighted by Gasteiger charge is 2.12. The summed E-state index contributed by atoms with van der Waals surface area (Å²) in [6.45, 7) is 1.50. The summed E-state index contributed by atoms with van der Waals surface area (Å²) >= 11 is 0. The molecule has 14 heavy (non-hydrogen) atoms. The zero-order valence-electron chi connectivity index (χ0n) is 8.03. The maximum atomic E-state index is 11.2. The fourth-order valence-corrected chi connectivity index (χ4v) is 1.35. The normalized spacial score (nSPS) is 11.8. The van der Waals surface area contributed by atoms with Crippen molar-refractivity contribution >= 4 is 5.78 Å². The number of nitrogens with two attached hydrogens (primary N) is 1. The van der Waals surface area contributed by atoms with E-state index in [1.807, 2.05) is 12.1 Å². The van der Waals surface area contributed by atoms with Gasteiger partial charge in [0.2, 0.25) is 0 Å². The van der Waals surface area contributed by atoms with Crippen molar-refractivity contribution in [3.63, 3.8) is 0 Å². The molecule has 0 saturated carbocycles. The number of hydrogen-bond donors (Lipinski definition) is 1. The first kappa shape index (κ1) is 10.4. The highest BCUT2D eigenvalue weighted by atomic mass is 16.1. The van der Waals surface area contributed by atoms with E-state index in [2.05, 4.69) is 0 Å². The first-order valence-corrected chi connectivity index (χ1v) is 4.39. The topological polar surface area (TPSA) is 66.9 Å². The Morgan fingerprint density at radius 2 is 2.21 bits per heavy atom. The standard InChI is InChI=1S/C11H12N2O/c1-8(14)9-4-2-3-5-10(9)11(13)6-7-12/h2-5,11H,6,13H2,1H3/t11-/m1/s1. The van der Waals surface area contributed by atoms with Gasteiger partial charge in [0, 0.05) is 11.6 Å². The van der Waals surface area contributed by atoms with Crippen LogP contribution in [0.3, 0.4) is 0 Å². The van der Waals surface area contributed by atoms with Crippen LogP contribution in [-0.4, -0.2) is 5.78 Å². The van der Waals surface area contributed by atoms with Crippen LogP contribution in [0.25, 0.3) is 0 Å². The molecule has 0 spiro atoms. The lowest BCUT2D eigenvalue weighted by atomic mass is 9.97. The van der Waals surface area contributed by atoms with Crippen LogP contribution >= 0.6 is 0 Å². The SMILES string of the molecule is CC(=O)c1ccccc1[C@H](N)CC#N. The van der Waals surface area contributed by atoms with E-state index in [1.54, 1.807) is 18.2 Å². The predicted molar refractivity (Wildman–Crippen MR) is 53.6 cm³/mol. The summed E-state index contributed by atoms with van der Waals surface area (Å²) in [5, 5.41) is 8.51. The molecule has 0 unspecified atom stereocenters. The van der Waals surface area contributed by atoms with E-state index in [4.69, 9.17) is 11.0 Å². The van der Waals surface area contributed by atoms with Crippen LogP contribution in [0, 0.1) is 11.3 Å². The number of carbonyl (C=O) groups is 1. The number of rotatable bonds is 3. The third kappa shape index (κ3) is 2.18. The van der Waals surface area contributed by atoms with Crippen molar-refractivity contribution < 1.29 is 4.79 Å². The van der Waals surface area contributed by atoms with E-state index >= 15 is 0 Å². The molecule has 0 heterocycles. The van der Waals surface area contributed by atoms with E-state index in [-0.39, 0.29) is 18.2 Å². The fourth-order valence-electron chi connectivity index (χ4n) is 1.35. The van der Waals surface area contributed by atoms with Gasteiger partial charge in [0.1, 0.15) is 0 Å². The second kappa shape index (κ2) is 4.54. The Kier molecular flexibility index (Phi) is 3.38. The van der Waals surface area contributed by atoms with Crippen LogP contribution in [-0.2, 0) is 0 Å². The van der Waals surface area contributed by atoms with E-state index in [0.29, 0.717) is 5.56 Å². The van der Waals surface area contributed by atoms with Crippen LogP contribution in [0.2, 0.25) is 0 Å². The molecule has 0 amide bonds. The van der Waals surface area contributed by atoms with Gasteiger partial charge in [0.25, 0.3) is 0 Å². The largest absolute Gasteiger partial charge is 0.323 e. The molecule has 0 fully saturated rings. The Balaban J connectivity index is 3.08. The van der Waals surface area contributed by atoms with E-state index in [9.17, 15) is 4.79 Å². The minimum absolute atomic E-state index is 0.0195. The minimum atomic E-state index is -0.375. The number of hydrogen-bond acceptors (Lipinski definition) is 3. The molecular weight excluding hydrogens is 176 g/mol. The Morgan fingerprint density at radius 3 is 2.79 bits per heavy atom.